The molecule has 0 saturated carbocycles. The Morgan fingerprint density at radius 2 is 1.85 bits per heavy atom. The maximum atomic E-state index is 5.34. The summed E-state index contributed by atoms with van der Waals surface area (Å²) in [7, 11) is 0. The molecule has 1 aromatic carbocycles. The Morgan fingerprint density at radius 3 is 2.54 bits per heavy atom. The summed E-state index contributed by atoms with van der Waals surface area (Å²) in [4.78, 5) is 0. The summed E-state index contributed by atoms with van der Waals surface area (Å²) in [5.41, 5.74) is 1.17. The molecule has 0 saturated heterocycles. The van der Waals surface area contributed by atoms with Crippen LogP contribution in [0.4, 0.5) is 0 Å². The zero-order chi connectivity index (χ0) is 6.81. The van der Waals surface area contributed by atoms with Crippen LogP contribution in [0.2, 0.25) is 0 Å². The Balaban J connectivity index is 0. The number of hydrogen-bond acceptors (Lipinski definition) is 2. The molecule has 3 N–H and O–H groups in total. The molecule has 0 fully saturated rings. The third-order valence-electron chi connectivity index (χ3n) is 1.55. The molecule has 0 bridgehead atoms. The average Bonchev–Trinajstić information content (AvgIpc) is 2.05. The maximum absolute atomic E-state index is 5.34. The third kappa shape index (κ3) is 3.68. The SMILES string of the molecule is C1=Cc2ccccc2OC1.N.[Al].[Ti]. The van der Waals surface area contributed by atoms with Crippen LogP contribution in [-0.4, -0.2) is 24.0 Å². The summed E-state index contributed by atoms with van der Waals surface area (Å²) in [6.45, 7) is 0.705. The molecule has 0 atom stereocenters. The van der Waals surface area contributed by atoms with Gasteiger partial charge in [0.15, 0.2) is 0 Å². The second-order valence-corrected chi connectivity index (χ2v) is 2.25. The van der Waals surface area contributed by atoms with Gasteiger partial charge in [0.05, 0.1) is 0 Å². The predicted molar refractivity (Wildman–Crippen MR) is 51.7 cm³/mol. The van der Waals surface area contributed by atoms with E-state index in [1.165, 1.54) is 5.56 Å². The normalized spacial score (nSPS) is 10.8. The molecule has 2 rings (SSSR count). The van der Waals surface area contributed by atoms with E-state index in [1.807, 2.05) is 30.3 Å². The molecule has 1 heterocycles. The Kier molecular flexibility index (Phi) is 8.76. The van der Waals surface area contributed by atoms with Crippen LogP contribution in [0.25, 0.3) is 6.08 Å². The van der Waals surface area contributed by atoms with Crippen molar-refractivity contribution < 1.29 is 26.5 Å². The van der Waals surface area contributed by atoms with E-state index in [1.54, 1.807) is 0 Å². The summed E-state index contributed by atoms with van der Waals surface area (Å²) < 4.78 is 5.34. The fraction of sp³-hybridized carbons (Fsp3) is 0.111. The Labute approximate surface area is 104 Å². The average molecular weight is 224 g/mol. The van der Waals surface area contributed by atoms with Gasteiger partial charge in [-0.05, 0) is 12.1 Å². The van der Waals surface area contributed by atoms with Crippen LogP contribution in [0.1, 0.15) is 5.56 Å². The standard InChI is InChI=1S/C9H8O.Al.H3N.Ti/c1-2-6-9-8(4-1)5-3-7-10-9;;;/h1-6H,7H2;;1H3;. The van der Waals surface area contributed by atoms with Crippen molar-refractivity contribution in [2.45, 2.75) is 0 Å². The maximum Gasteiger partial charge on any atom is 0.126 e. The smallest absolute Gasteiger partial charge is 0.126 e. The molecule has 1 aliphatic heterocycles. The van der Waals surface area contributed by atoms with E-state index in [4.69, 9.17) is 4.74 Å². The van der Waals surface area contributed by atoms with Gasteiger partial charge in [0.25, 0.3) is 0 Å². The largest absolute Gasteiger partial charge is 0.489 e. The summed E-state index contributed by atoms with van der Waals surface area (Å²) in [5.74, 6) is 0.991. The number of benzene rings is 1. The van der Waals surface area contributed by atoms with Crippen molar-refractivity contribution in [2.75, 3.05) is 6.61 Å². The van der Waals surface area contributed by atoms with Crippen molar-refractivity contribution in [3.8, 4) is 5.75 Å². The molecular formula is C9H11AlNOTi. The number of fused-ring (bicyclic) bond motifs is 1. The van der Waals surface area contributed by atoms with Gasteiger partial charge in [-0.25, -0.2) is 0 Å². The van der Waals surface area contributed by atoms with E-state index in [2.05, 4.69) is 6.08 Å². The van der Waals surface area contributed by atoms with Gasteiger partial charge in [-0.1, -0.05) is 24.3 Å². The van der Waals surface area contributed by atoms with Crippen LogP contribution in [0, 0.1) is 0 Å². The Hall–Kier alpha value is -0.0332. The molecule has 0 unspecified atom stereocenters. The monoisotopic (exact) mass is 224 g/mol. The van der Waals surface area contributed by atoms with Crippen LogP contribution in [0.15, 0.2) is 30.3 Å². The van der Waals surface area contributed by atoms with Gasteiger partial charge in [0.2, 0.25) is 0 Å². The molecule has 0 aromatic heterocycles. The van der Waals surface area contributed by atoms with Crippen LogP contribution in [0.5, 0.6) is 5.75 Å². The van der Waals surface area contributed by atoms with Crippen molar-refractivity contribution in [1.29, 1.82) is 0 Å². The molecule has 0 spiro atoms. The summed E-state index contributed by atoms with van der Waals surface area (Å²) in [6.07, 6.45) is 4.10. The van der Waals surface area contributed by atoms with Crippen LogP contribution in [-0.2, 0) is 21.7 Å². The Morgan fingerprint density at radius 1 is 1.15 bits per heavy atom. The molecule has 3 radical (unpaired) electrons. The Bertz CT molecular complexity index is 278. The first-order chi connectivity index (χ1) is 4.97. The summed E-state index contributed by atoms with van der Waals surface area (Å²) in [5, 5.41) is 0. The van der Waals surface area contributed by atoms with Crippen molar-refractivity contribution in [2.24, 2.45) is 0 Å². The fourth-order valence-electron chi connectivity index (χ4n) is 1.06. The van der Waals surface area contributed by atoms with E-state index < -0.39 is 0 Å². The van der Waals surface area contributed by atoms with Crippen molar-refractivity contribution in [1.82, 2.24) is 6.15 Å². The first-order valence-electron chi connectivity index (χ1n) is 3.35. The van der Waals surface area contributed by atoms with E-state index >= 15 is 0 Å². The second-order valence-electron chi connectivity index (χ2n) is 2.25. The van der Waals surface area contributed by atoms with Gasteiger partial charge in [-0.2, -0.15) is 0 Å². The molecule has 13 heavy (non-hydrogen) atoms. The molecule has 1 aliphatic rings. The summed E-state index contributed by atoms with van der Waals surface area (Å²) >= 11 is 0. The number of para-hydroxylation sites is 1. The van der Waals surface area contributed by atoms with Crippen molar-refractivity contribution in [3.05, 3.63) is 35.9 Å². The molecular weight excluding hydrogens is 213 g/mol. The molecule has 1 aromatic rings. The zero-order valence-electron chi connectivity index (χ0n) is 7.36. The number of hydrogen-bond donors (Lipinski definition) is 1. The van der Waals surface area contributed by atoms with E-state index in [0.29, 0.717) is 6.61 Å². The minimum absolute atomic E-state index is 0. The third-order valence-corrected chi connectivity index (χ3v) is 1.55. The summed E-state index contributed by atoms with van der Waals surface area (Å²) in [6, 6.07) is 8.03. The zero-order valence-corrected chi connectivity index (χ0v) is 10.1. The molecule has 2 nitrogen and oxygen atoms in total. The first-order valence-corrected chi connectivity index (χ1v) is 3.35. The molecule has 0 aliphatic carbocycles. The van der Waals surface area contributed by atoms with Gasteiger partial charge in [-0.3, -0.25) is 0 Å². The van der Waals surface area contributed by atoms with Crippen molar-refractivity contribution in [3.63, 3.8) is 0 Å². The minimum atomic E-state index is 0. The predicted octanol–water partition coefficient (Wildman–Crippen LogP) is 1.87. The van der Waals surface area contributed by atoms with E-state index in [-0.39, 0.29) is 45.2 Å². The van der Waals surface area contributed by atoms with Crippen LogP contribution < -0.4 is 10.9 Å². The molecule has 0 amide bonds. The van der Waals surface area contributed by atoms with Gasteiger partial charge >= 0.3 is 0 Å². The van der Waals surface area contributed by atoms with E-state index in [9.17, 15) is 0 Å². The van der Waals surface area contributed by atoms with Crippen LogP contribution >= 0.6 is 0 Å². The molecule has 4 heteroatoms. The van der Waals surface area contributed by atoms with Crippen LogP contribution in [0.3, 0.4) is 0 Å². The molecule has 65 valence electrons. The van der Waals surface area contributed by atoms with Gasteiger partial charge < -0.3 is 10.9 Å². The van der Waals surface area contributed by atoms with Gasteiger partial charge in [0, 0.05) is 44.6 Å². The topological polar surface area (TPSA) is 44.2 Å². The minimum Gasteiger partial charge on any atom is -0.489 e. The van der Waals surface area contributed by atoms with Gasteiger partial charge in [0.1, 0.15) is 12.4 Å². The number of ether oxygens (including phenoxy) is 1. The van der Waals surface area contributed by atoms with Gasteiger partial charge in [-0.15, -0.1) is 0 Å². The first kappa shape index (κ1) is 15.4. The fourth-order valence-corrected chi connectivity index (χ4v) is 1.06. The van der Waals surface area contributed by atoms with E-state index in [0.717, 1.165) is 5.75 Å². The quantitative estimate of drug-likeness (QED) is 0.683. The second kappa shape index (κ2) is 7.38. The number of rotatable bonds is 0. The van der Waals surface area contributed by atoms with Crippen molar-refractivity contribution >= 4 is 23.4 Å².